The third-order valence-electron chi connectivity index (χ3n) is 7.77. The van der Waals surface area contributed by atoms with E-state index in [1.807, 2.05) is 50.1 Å². The van der Waals surface area contributed by atoms with Gasteiger partial charge in [0.15, 0.2) is 11.6 Å². The molecule has 1 aromatic carbocycles. The Morgan fingerprint density at radius 2 is 1.73 bits per heavy atom. The number of hydrogen-bond donors (Lipinski definition) is 1. The summed E-state index contributed by atoms with van der Waals surface area (Å²) in [6.45, 7) is 14.3. The fourth-order valence-electron chi connectivity index (χ4n) is 5.82. The normalized spacial score (nSPS) is 16.7. The Morgan fingerprint density at radius 1 is 0.951 bits per heavy atom. The van der Waals surface area contributed by atoms with E-state index in [1.165, 1.54) is 36.2 Å². The van der Waals surface area contributed by atoms with E-state index in [4.69, 9.17) is 4.98 Å². The molecular formula is C30H36F2N8S. The average Bonchev–Trinajstić information content (AvgIpc) is 3.30. The first-order chi connectivity index (χ1) is 19.7. The Morgan fingerprint density at radius 3 is 2.51 bits per heavy atom. The molecule has 0 amide bonds. The van der Waals surface area contributed by atoms with Gasteiger partial charge in [-0.2, -0.15) is 11.8 Å². The van der Waals surface area contributed by atoms with E-state index >= 15 is 4.39 Å². The van der Waals surface area contributed by atoms with Crippen LogP contribution >= 0.6 is 11.8 Å². The summed E-state index contributed by atoms with van der Waals surface area (Å²) in [4.78, 5) is 22.9. The molecule has 8 nitrogen and oxygen atoms in total. The van der Waals surface area contributed by atoms with Gasteiger partial charge in [-0.15, -0.1) is 0 Å². The molecule has 0 unspecified atom stereocenters. The molecule has 1 fully saturated rings. The molecule has 41 heavy (non-hydrogen) atoms. The van der Waals surface area contributed by atoms with Crippen LogP contribution in [0.3, 0.4) is 0 Å². The summed E-state index contributed by atoms with van der Waals surface area (Å²) in [7, 11) is 0. The number of thioether (sulfide) groups is 1. The van der Waals surface area contributed by atoms with E-state index in [-0.39, 0.29) is 22.7 Å². The molecule has 4 aromatic rings. The second-order valence-corrected chi connectivity index (χ2v) is 13.0. The van der Waals surface area contributed by atoms with Crippen molar-refractivity contribution in [3.8, 4) is 11.3 Å². The predicted octanol–water partition coefficient (Wildman–Crippen LogP) is 5.38. The minimum Gasteiger partial charge on any atom is -0.323 e. The summed E-state index contributed by atoms with van der Waals surface area (Å²) in [5.41, 5.74) is 3.15. The van der Waals surface area contributed by atoms with Crippen LogP contribution in [0.25, 0.3) is 22.3 Å². The van der Waals surface area contributed by atoms with Crippen LogP contribution in [-0.2, 0) is 18.5 Å². The minimum atomic E-state index is -0.630. The van der Waals surface area contributed by atoms with Crippen molar-refractivity contribution in [2.45, 2.75) is 46.2 Å². The van der Waals surface area contributed by atoms with Gasteiger partial charge in [-0.1, -0.05) is 6.07 Å². The van der Waals surface area contributed by atoms with Crippen LogP contribution in [0.5, 0.6) is 0 Å². The van der Waals surface area contributed by atoms with Crippen molar-refractivity contribution in [3.05, 3.63) is 59.2 Å². The molecule has 0 aliphatic carbocycles. The summed E-state index contributed by atoms with van der Waals surface area (Å²) in [5, 5.41) is 3.13. The topological polar surface area (TPSA) is 75.0 Å². The van der Waals surface area contributed by atoms with Crippen molar-refractivity contribution in [1.82, 2.24) is 34.3 Å². The number of imidazole rings is 1. The van der Waals surface area contributed by atoms with E-state index in [9.17, 15) is 4.39 Å². The summed E-state index contributed by atoms with van der Waals surface area (Å²) in [6.07, 6.45) is 1.98. The lowest BCUT2D eigenvalue weighted by Crippen LogP contribution is -2.41. The number of halogens is 2. The van der Waals surface area contributed by atoms with Crippen molar-refractivity contribution < 1.29 is 8.78 Å². The molecule has 0 saturated carbocycles. The molecule has 216 valence electrons. The van der Waals surface area contributed by atoms with Gasteiger partial charge in [-0.25, -0.2) is 28.7 Å². The highest BCUT2D eigenvalue weighted by molar-refractivity contribution is 7.99. The second kappa shape index (κ2) is 11.3. The van der Waals surface area contributed by atoms with Crippen molar-refractivity contribution >= 4 is 34.6 Å². The molecule has 0 spiro atoms. The minimum absolute atomic E-state index is 0.0171. The number of fused-ring (bicyclic) bond motifs is 2. The molecule has 1 N–H and O–H groups in total. The van der Waals surface area contributed by atoms with Crippen molar-refractivity contribution in [1.29, 1.82) is 0 Å². The highest BCUT2D eigenvalue weighted by atomic mass is 32.2. The maximum absolute atomic E-state index is 15.1. The van der Waals surface area contributed by atoms with Crippen LogP contribution in [0.2, 0.25) is 0 Å². The first-order valence-electron chi connectivity index (χ1n) is 14.2. The average molecular weight is 579 g/mol. The zero-order valence-electron chi connectivity index (χ0n) is 24.0. The maximum Gasteiger partial charge on any atom is 0.229 e. The number of aryl methyl sites for hydroxylation is 1. The van der Waals surface area contributed by atoms with Crippen molar-refractivity contribution in [3.63, 3.8) is 0 Å². The van der Waals surface area contributed by atoms with E-state index in [0.717, 1.165) is 44.5 Å². The highest BCUT2D eigenvalue weighted by Gasteiger charge is 2.24. The molecule has 0 bridgehead atoms. The number of anilines is 2. The molecular weight excluding hydrogens is 542 g/mol. The lowest BCUT2D eigenvalue weighted by molar-refractivity contribution is 0.200. The molecule has 1 saturated heterocycles. The lowest BCUT2D eigenvalue weighted by Gasteiger charge is -2.32. The number of rotatable bonds is 6. The van der Waals surface area contributed by atoms with Gasteiger partial charge in [0, 0.05) is 74.0 Å². The zero-order chi connectivity index (χ0) is 28.7. The van der Waals surface area contributed by atoms with Gasteiger partial charge < -0.3 is 14.8 Å². The van der Waals surface area contributed by atoms with Crippen molar-refractivity contribution in [2.24, 2.45) is 0 Å². The first-order valence-corrected chi connectivity index (χ1v) is 15.3. The summed E-state index contributed by atoms with van der Waals surface area (Å²) >= 11 is 2.04. The van der Waals surface area contributed by atoms with Crippen LogP contribution in [0.15, 0.2) is 30.5 Å². The van der Waals surface area contributed by atoms with Gasteiger partial charge in [0.1, 0.15) is 22.9 Å². The number of pyridine rings is 1. The van der Waals surface area contributed by atoms with Crippen LogP contribution in [0.1, 0.15) is 37.9 Å². The standard InChI is InChI=1S/C30H36F2N8S/c1-19-34-28-22(31)15-21(16-25(28)40(19)30(2,3)4)27-23(32)17-33-29(37-27)36-26-6-5-20-18-39(8-7-24(20)35-26)10-9-38-11-13-41-14-12-38/h5-6,15-17H,7-14,18H2,1-4H3,(H,33,35,36,37). The SMILES string of the molecule is Cc1nc2c(F)cc(-c3nc(Nc4ccc5c(n4)CCN(CCN4CCSCC4)C5)ncc3F)cc2n1C(C)(C)C. The number of aromatic nitrogens is 5. The predicted molar refractivity (Wildman–Crippen MR) is 161 cm³/mol. The smallest absolute Gasteiger partial charge is 0.229 e. The summed E-state index contributed by atoms with van der Waals surface area (Å²) < 4.78 is 32.1. The zero-order valence-corrected chi connectivity index (χ0v) is 24.9. The monoisotopic (exact) mass is 578 g/mol. The van der Waals surface area contributed by atoms with Gasteiger partial charge in [-0.3, -0.25) is 4.90 Å². The number of hydrogen-bond acceptors (Lipinski definition) is 8. The van der Waals surface area contributed by atoms with Crippen LogP contribution < -0.4 is 5.32 Å². The van der Waals surface area contributed by atoms with Crippen LogP contribution in [-0.4, -0.2) is 78.5 Å². The first kappa shape index (κ1) is 28.0. The fraction of sp³-hybridized carbons (Fsp3) is 0.467. The Hall–Kier alpha value is -3.15. The van der Waals surface area contributed by atoms with E-state index in [2.05, 4.69) is 36.1 Å². The van der Waals surface area contributed by atoms with Gasteiger partial charge in [0.05, 0.1) is 11.7 Å². The van der Waals surface area contributed by atoms with Gasteiger partial charge in [0.2, 0.25) is 5.95 Å². The van der Waals surface area contributed by atoms with Gasteiger partial charge in [0.25, 0.3) is 0 Å². The molecule has 11 heteroatoms. The maximum atomic E-state index is 15.1. The summed E-state index contributed by atoms with van der Waals surface area (Å²) in [6, 6.07) is 7.03. The molecule has 0 radical (unpaired) electrons. The molecule has 5 heterocycles. The van der Waals surface area contributed by atoms with E-state index in [0.29, 0.717) is 22.7 Å². The van der Waals surface area contributed by atoms with Crippen LogP contribution in [0, 0.1) is 18.6 Å². The Bertz CT molecular complexity index is 1580. The second-order valence-electron chi connectivity index (χ2n) is 11.8. The fourth-order valence-corrected chi connectivity index (χ4v) is 6.80. The molecule has 2 aliphatic heterocycles. The largest absolute Gasteiger partial charge is 0.323 e. The number of benzene rings is 1. The van der Waals surface area contributed by atoms with Gasteiger partial charge >= 0.3 is 0 Å². The quantitative estimate of drug-likeness (QED) is 0.327. The summed E-state index contributed by atoms with van der Waals surface area (Å²) in [5.74, 6) is 2.81. The number of nitrogens with one attached hydrogen (secondary N) is 1. The highest BCUT2D eigenvalue weighted by Crippen LogP contribution is 2.32. The Kier molecular flexibility index (Phi) is 7.69. The molecule has 3 aromatic heterocycles. The van der Waals surface area contributed by atoms with Crippen LogP contribution in [0.4, 0.5) is 20.5 Å². The lowest BCUT2D eigenvalue weighted by atomic mass is 10.1. The van der Waals surface area contributed by atoms with E-state index < -0.39 is 11.6 Å². The van der Waals surface area contributed by atoms with E-state index in [1.54, 1.807) is 6.07 Å². The molecule has 0 atom stereocenters. The van der Waals surface area contributed by atoms with Gasteiger partial charge in [-0.05, 0) is 51.5 Å². The molecule has 2 aliphatic rings. The number of nitrogens with zero attached hydrogens (tertiary/aromatic N) is 7. The third-order valence-corrected chi connectivity index (χ3v) is 8.72. The Labute approximate surface area is 243 Å². The van der Waals surface area contributed by atoms with Crippen molar-refractivity contribution in [2.75, 3.05) is 49.5 Å². The molecule has 6 rings (SSSR count). The third kappa shape index (κ3) is 5.93. The Balaban J connectivity index is 1.20.